The second-order valence-electron chi connectivity index (χ2n) is 4.56. The van der Waals surface area contributed by atoms with E-state index in [4.69, 9.17) is 17.3 Å². The monoisotopic (exact) mass is 279 g/mol. The van der Waals surface area contributed by atoms with Crippen molar-refractivity contribution in [2.45, 2.75) is 32.7 Å². The molecule has 1 nitrogen and oxygen atoms in total. The molecule has 0 aliphatic rings. The first-order valence-corrected chi connectivity index (χ1v) is 7.43. The van der Waals surface area contributed by atoms with Gasteiger partial charge in [0.1, 0.15) is 0 Å². The van der Waals surface area contributed by atoms with Crippen LogP contribution in [0.3, 0.4) is 0 Å². The lowest BCUT2D eigenvalue weighted by atomic mass is 10.1. The highest BCUT2D eigenvalue weighted by atomic mass is 35.5. The predicted octanol–water partition coefficient (Wildman–Crippen LogP) is 5.18. The van der Waals surface area contributed by atoms with E-state index >= 15 is 0 Å². The number of rotatable bonds is 4. The number of benzene rings is 1. The predicted molar refractivity (Wildman–Crippen MR) is 81.3 cm³/mol. The molecule has 1 aromatic carbocycles. The molecule has 0 fully saturated rings. The second-order valence-corrected chi connectivity index (χ2v) is 6.08. The molecule has 0 radical (unpaired) electrons. The first kappa shape index (κ1) is 13.6. The number of nitrogens with two attached hydrogens (primary N) is 1. The summed E-state index contributed by atoms with van der Waals surface area (Å²) in [4.78, 5) is 2.49. The van der Waals surface area contributed by atoms with E-state index in [0.29, 0.717) is 0 Å². The van der Waals surface area contributed by atoms with Gasteiger partial charge in [-0.25, -0.2) is 0 Å². The Morgan fingerprint density at radius 3 is 2.72 bits per heavy atom. The maximum Gasteiger partial charge on any atom is 0.0441 e. The topological polar surface area (TPSA) is 26.0 Å². The maximum atomic E-state index is 6.16. The van der Waals surface area contributed by atoms with E-state index in [1.54, 1.807) is 11.3 Å². The van der Waals surface area contributed by atoms with E-state index in [0.717, 1.165) is 23.4 Å². The van der Waals surface area contributed by atoms with Gasteiger partial charge in [-0.2, -0.15) is 0 Å². The van der Waals surface area contributed by atoms with Crippen molar-refractivity contribution >= 4 is 22.9 Å². The molecular formula is C15H18ClNS. The minimum atomic E-state index is 0.162. The van der Waals surface area contributed by atoms with Crippen molar-refractivity contribution in [1.29, 1.82) is 0 Å². The Labute approximate surface area is 118 Å². The normalized spacial score (nSPS) is 12.7. The molecule has 1 atom stereocenters. The van der Waals surface area contributed by atoms with Crippen molar-refractivity contribution in [2.75, 3.05) is 0 Å². The zero-order chi connectivity index (χ0) is 13.1. The lowest BCUT2D eigenvalue weighted by Gasteiger charge is -2.06. The van der Waals surface area contributed by atoms with Gasteiger partial charge in [-0.1, -0.05) is 37.1 Å². The molecule has 1 aromatic heterocycles. The smallest absolute Gasteiger partial charge is 0.0441 e. The summed E-state index contributed by atoms with van der Waals surface area (Å²) in [5.74, 6) is 0. The molecule has 2 aromatic rings. The van der Waals surface area contributed by atoms with Gasteiger partial charge >= 0.3 is 0 Å². The fourth-order valence-electron chi connectivity index (χ4n) is 1.91. The van der Waals surface area contributed by atoms with Crippen molar-refractivity contribution in [3.8, 4) is 10.4 Å². The SMILES string of the molecule is CCCC(N)c1ccc(-c2ccc(C)c(Cl)c2)s1. The number of hydrogen-bond donors (Lipinski definition) is 1. The summed E-state index contributed by atoms with van der Waals surface area (Å²) in [6.45, 7) is 4.18. The van der Waals surface area contributed by atoms with Gasteiger partial charge in [0.25, 0.3) is 0 Å². The fraction of sp³-hybridized carbons (Fsp3) is 0.333. The third-order valence-electron chi connectivity index (χ3n) is 3.05. The van der Waals surface area contributed by atoms with Gasteiger partial charge in [0.05, 0.1) is 0 Å². The van der Waals surface area contributed by atoms with Gasteiger partial charge in [0.15, 0.2) is 0 Å². The van der Waals surface area contributed by atoms with Crippen LogP contribution in [0.2, 0.25) is 5.02 Å². The molecule has 0 spiro atoms. The summed E-state index contributed by atoms with van der Waals surface area (Å²) in [6, 6.07) is 10.6. The molecule has 1 unspecified atom stereocenters. The number of thiophene rings is 1. The van der Waals surface area contributed by atoms with Crippen LogP contribution in [-0.4, -0.2) is 0 Å². The van der Waals surface area contributed by atoms with Gasteiger partial charge in [-0.15, -0.1) is 11.3 Å². The summed E-state index contributed by atoms with van der Waals surface area (Å²) in [6.07, 6.45) is 2.15. The van der Waals surface area contributed by atoms with Crippen molar-refractivity contribution in [3.05, 3.63) is 45.8 Å². The lowest BCUT2D eigenvalue weighted by molar-refractivity contribution is 0.648. The molecule has 96 valence electrons. The minimum absolute atomic E-state index is 0.162. The van der Waals surface area contributed by atoms with E-state index in [2.05, 4.69) is 31.2 Å². The van der Waals surface area contributed by atoms with E-state index in [-0.39, 0.29) is 6.04 Å². The molecule has 0 amide bonds. The highest BCUT2D eigenvalue weighted by Gasteiger charge is 2.09. The van der Waals surface area contributed by atoms with E-state index in [1.165, 1.54) is 15.3 Å². The number of aryl methyl sites for hydroxylation is 1. The van der Waals surface area contributed by atoms with E-state index in [9.17, 15) is 0 Å². The molecule has 1 heterocycles. The van der Waals surface area contributed by atoms with Crippen molar-refractivity contribution in [2.24, 2.45) is 5.73 Å². The van der Waals surface area contributed by atoms with Crippen LogP contribution in [0.15, 0.2) is 30.3 Å². The quantitative estimate of drug-likeness (QED) is 0.820. The molecule has 3 heteroatoms. The first-order chi connectivity index (χ1) is 8.61. The summed E-state index contributed by atoms with van der Waals surface area (Å²) in [5.41, 5.74) is 8.42. The molecule has 2 N–H and O–H groups in total. The number of halogens is 1. The summed E-state index contributed by atoms with van der Waals surface area (Å²) < 4.78 is 0. The van der Waals surface area contributed by atoms with Crippen molar-refractivity contribution < 1.29 is 0 Å². The van der Waals surface area contributed by atoms with E-state index < -0.39 is 0 Å². The van der Waals surface area contributed by atoms with Gasteiger partial charge in [0, 0.05) is 20.8 Å². The highest BCUT2D eigenvalue weighted by Crippen LogP contribution is 2.33. The van der Waals surface area contributed by atoms with Crippen molar-refractivity contribution in [3.63, 3.8) is 0 Å². The van der Waals surface area contributed by atoms with Crippen molar-refractivity contribution in [1.82, 2.24) is 0 Å². The Kier molecular flexibility index (Phi) is 4.44. The van der Waals surface area contributed by atoms with Gasteiger partial charge in [-0.3, -0.25) is 0 Å². The zero-order valence-corrected chi connectivity index (χ0v) is 12.3. The average molecular weight is 280 g/mol. The largest absolute Gasteiger partial charge is 0.323 e. The Balaban J connectivity index is 2.26. The Morgan fingerprint density at radius 1 is 1.28 bits per heavy atom. The van der Waals surface area contributed by atoms with E-state index in [1.807, 2.05) is 13.0 Å². The van der Waals surface area contributed by atoms with Crippen LogP contribution in [0, 0.1) is 6.92 Å². The summed E-state index contributed by atoms with van der Waals surface area (Å²) in [7, 11) is 0. The molecule has 0 aliphatic heterocycles. The molecule has 0 bridgehead atoms. The molecule has 0 saturated carbocycles. The third kappa shape index (κ3) is 2.94. The van der Waals surface area contributed by atoms with Crippen LogP contribution in [0.5, 0.6) is 0 Å². The van der Waals surface area contributed by atoms with Gasteiger partial charge < -0.3 is 5.73 Å². The molecule has 2 rings (SSSR count). The van der Waals surface area contributed by atoms with Crippen LogP contribution in [0.4, 0.5) is 0 Å². The number of hydrogen-bond acceptors (Lipinski definition) is 2. The minimum Gasteiger partial charge on any atom is -0.323 e. The fourth-order valence-corrected chi connectivity index (χ4v) is 3.13. The molecule has 0 aliphatic carbocycles. The Hall–Kier alpha value is -0.830. The second kappa shape index (κ2) is 5.87. The van der Waals surface area contributed by atoms with Crippen LogP contribution < -0.4 is 5.73 Å². The standard InChI is InChI=1S/C15H18ClNS/c1-3-4-13(17)15-8-7-14(18-15)11-6-5-10(2)12(16)9-11/h5-9,13H,3-4,17H2,1-2H3. The van der Waals surface area contributed by atoms with Gasteiger partial charge in [0.2, 0.25) is 0 Å². The first-order valence-electron chi connectivity index (χ1n) is 6.23. The summed E-state index contributed by atoms with van der Waals surface area (Å²) in [5, 5.41) is 0.820. The molecular weight excluding hydrogens is 262 g/mol. The molecule has 0 saturated heterocycles. The van der Waals surface area contributed by atoms with Crippen LogP contribution in [-0.2, 0) is 0 Å². The maximum absolute atomic E-state index is 6.16. The Morgan fingerprint density at radius 2 is 2.06 bits per heavy atom. The lowest BCUT2D eigenvalue weighted by Crippen LogP contribution is -2.07. The summed E-state index contributed by atoms with van der Waals surface area (Å²) >= 11 is 7.93. The van der Waals surface area contributed by atoms with Crippen LogP contribution >= 0.6 is 22.9 Å². The van der Waals surface area contributed by atoms with Crippen LogP contribution in [0.25, 0.3) is 10.4 Å². The molecule has 18 heavy (non-hydrogen) atoms. The zero-order valence-electron chi connectivity index (χ0n) is 10.7. The Bertz CT molecular complexity index is 533. The third-order valence-corrected chi connectivity index (χ3v) is 4.72. The van der Waals surface area contributed by atoms with Crippen LogP contribution in [0.1, 0.15) is 36.2 Å². The average Bonchev–Trinajstić information content (AvgIpc) is 2.82. The van der Waals surface area contributed by atoms with Gasteiger partial charge in [-0.05, 0) is 42.7 Å². The highest BCUT2D eigenvalue weighted by molar-refractivity contribution is 7.15.